The molecular formula is C17H36. The van der Waals surface area contributed by atoms with Crippen LogP contribution in [0.15, 0.2) is 0 Å². The minimum atomic E-state index is 0.494. The molecule has 0 heterocycles. The van der Waals surface area contributed by atoms with Crippen molar-refractivity contribution in [2.24, 2.45) is 23.2 Å². The van der Waals surface area contributed by atoms with Gasteiger partial charge in [0.2, 0.25) is 0 Å². The molecule has 0 aliphatic carbocycles. The van der Waals surface area contributed by atoms with E-state index in [1.54, 1.807) is 0 Å². The summed E-state index contributed by atoms with van der Waals surface area (Å²) >= 11 is 0. The van der Waals surface area contributed by atoms with Crippen LogP contribution in [0, 0.1) is 23.2 Å². The summed E-state index contributed by atoms with van der Waals surface area (Å²) in [5.74, 6) is 2.76. The van der Waals surface area contributed by atoms with Crippen molar-refractivity contribution in [2.45, 2.75) is 87.0 Å². The first-order valence-corrected chi connectivity index (χ1v) is 7.78. The minimum Gasteiger partial charge on any atom is -0.0651 e. The average Bonchev–Trinajstić information content (AvgIpc) is 2.23. The van der Waals surface area contributed by atoms with E-state index >= 15 is 0 Å². The van der Waals surface area contributed by atoms with Crippen LogP contribution < -0.4 is 0 Å². The van der Waals surface area contributed by atoms with Crippen molar-refractivity contribution < 1.29 is 0 Å². The summed E-state index contributed by atoms with van der Waals surface area (Å²) in [5, 5.41) is 0. The third-order valence-electron chi connectivity index (χ3n) is 4.10. The zero-order chi connectivity index (χ0) is 13.5. The molecule has 0 fully saturated rings. The van der Waals surface area contributed by atoms with E-state index < -0.39 is 0 Å². The second-order valence-corrected chi connectivity index (χ2v) is 7.47. The Morgan fingerprint density at radius 3 is 1.76 bits per heavy atom. The maximum atomic E-state index is 2.42. The Morgan fingerprint density at radius 1 is 0.824 bits per heavy atom. The maximum Gasteiger partial charge on any atom is -0.0380 e. The first kappa shape index (κ1) is 17.0. The predicted molar refractivity (Wildman–Crippen MR) is 80.3 cm³/mol. The molecule has 3 unspecified atom stereocenters. The lowest BCUT2D eigenvalue weighted by Crippen LogP contribution is -2.16. The first-order chi connectivity index (χ1) is 7.78. The van der Waals surface area contributed by atoms with Gasteiger partial charge in [-0.05, 0) is 36.0 Å². The molecule has 0 aromatic carbocycles. The highest BCUT2D eigenvalue weighted by atomic mass is 14.3. The van der Waals surface area contributed by atoms with Crippen molar-refractivity contribution in [1.29, 1.82) is 0 Å². The molecule has 0 nitrogen and oxygen atoms in total. The summed E-state index contributed by atoms with van der Waals surface area (Å²) in [7, 11) is 0. The molecule has 0 N–H and O–H groups in total. The smallest absolute Gasteiger partial charge is 0.0380 e. The van der Waals surface area contributed by atoms with Crippen LogP contribution in [0.25, 0.3) is 0 Å². The second-order valence-electron chi connectivity index (χ2n) is 7.47. The normalized spacial score (nSPS) is 17.8. The molecule has 0 amide bonds. The van der Waals surface area contributed by atoms with Crippen molar-refractivity contribution >= 4 is 0 Å². The summed E-state index contributed by atoms with van der Waals surface area (Å²) in [6, 6.07) is 0. The van der Waals surface area contributed by atoms with Gasteiger partial charge in [-0.2, -0.15) is 0 Å². The second kappa shape index (κ2) is 8.16. The summed E-state index contributed by atoms with van der Waals surface area (Å²) < 4.78 is 0. The SMILES string of the molecule is CCC(C)CCC(CC(C)CC)CC(C)(C)C. The summed E-state index contributed by atoms with van der Waals surface area (Å²) in [4.78, 5) is 0. The van der Waals surface area contributed by atoms with Gasteiger partial charge in [-0.1, -0.05) is 74.1 Å². The van der Waals surface area contributed by atoms with Crippen molar-refractivity contribution in [3.63, 3.8) is 0 Å². The van der Waals surface area contributed by atoms with Gasteiger partial charge in [0.1, 0.15) is 0 Å². The monoisotopic (exact) mass is 240 g/mol. The van der Waals surface area contributed by atoms with E-state index in [-0.39, 0.29) is 0 Å². The van der Waals surface area contributed by atoms with Crippen LogP contribution in [-0.2, 0) is 0 Å². The van der Waals surface area contributed by atoms with Gasteiger partial charge in [0.05, 0.1) is 0 Å². The molecule has 0 saturated carbocycles. The standard InChI is InChI=1S/C17H36/c1-8-14(3)10-11-16(12-15(4)9-2)13-17(5,6)7/h14-16H,8-13H2,1-7H3. The lowest BCUT2D eigenvalue weighted by atomic mass is 9.77. The zero-order valence-electron chi connectivity index (χ0n) is 13.5. The van der Waals surface area contributed by atoms with E-state index in [9.17, 15) is 0 Å². The molecule has 17 heavy (non-hydrogen) atoms. The Hall–Kier alpha value is 0. The molecule has 0 rings (SSSR count). The molecular weight excluding hydrogens is 204 g/mol. The third-order valence-corrected chi connectivity index (χ3v) is 4.10. The molecule has 0 radical (unpaired) electrons. The lowest BCUT2D eigenvalue weighted by Gasteiger charge is -2.28. The van der Waals surface area contributed by atoms with Crippen LogP contribution in [0.4, 0.5) is 0 Å². The molecule has 0 aromatic rings. The van der Waals surface area contributed by atoms with E-state index in [0.717, 1.165) is 17.8 Å². The number of hydrogen-bond acceptors (Lipinski definition) is 0. The molecule has 0 heteroatoms. The Bertz CT molecular complexity index is 175. The van der Waals surface area contributed by atoms with Crippen molar-refractivity contribution in [3.05, 3.63) is 0 Å². The average molecular weight is 240 g/mol. The van der Waals surface area contributed by atoms with Gasteiger partial charge in [0.15, 0.2) is 0 Å². The van der Waals surface area contributed by atoms with Crippen molar-refractivity contribution in [1.82, 2.24) is 0 Å². The summed E-state index contributed by atoms with van der Waals surface area (Å²) in [5.41, 5.74) is 0.494. The predicted octanol–water partition coefficient (Wildman–Crippen LogP) is 6.30. The molecule has 0 bridgehead atoms. The van der Waals surface area contributed by atoms with E-state index in [0.29, 0.717) is 5.41 Å². The van der Waals surface area contributed by atoms with Crippen LogP contribution in [0.3, 0.4) is 0 Å². The minimum absolute atomic E-state index is 0.494. The van der Waals surface area contributed by atoms with Crippen LogP contribution in [0.2, 0.25) is 0 Å². The first-order valence-electron chi connectivity index (χ1n) is 7.78. The largest absolute Gasteiger partial charge is 0.0651 e. The van der Waals surface area contributed by atoms with Gasteiger partial charge in [0.25, 0.3) is 0 Å². The number of hydrogen-bond donors (Lipinski definition) is 0. The Kier molecular flexibility index (Phi) is 8.16. The topological polar surface area (TPSA) is 0 Å². The van der Waals surface area contributed by atoms with Crippen LogP contribution in [0.1, 0.15) is 87.0 Å². The van der Waals surface area contributed by atoms with Gasteiger partial charge in [0, 0.05) is 0 Å². The van der Waals surface area contributed by atoms with Crippen molar-refractivity contribution in [3.8, 4) is 0 Å². The van der Waals surface area contributed by atoms with Crippen LogP contribution in [-0.4, -0.2) is 0 Å². The van der Waals surface area contributed by atoms with Gasteiger partial charge in [-0.3, -0.25) is 0 Å². The summed E-state index contributed by atoms with van der Waals surface area (Å²) in [6.07, 6.45) is 8.37. The molecule has 3 atom stereocenters. The van der Waals surface area contributed by atoms with Crippen LogP contribution in [0.5, 0.6) is 0 Å². The van der Waals surface area contributed by atoms with E-state index in [4.69, 9.17) is 0 Å². The van der Waals surface area contributed by atoms with E-state index in [1.807, 2.05) is 0 Å². The fourth-order valence-electron chi connectivity index (χ4n) is 2.63. The molecule has 0 saturated heterocycles. The Labute approximate surface area is 111 Å². The molecule has 0 spiro atoms. The number of rotatable bonds is 8. The maximum absolute atomic E-state index is 2.42. The Morgan fingerprint density at radius 2 is 1.35 bits per heavy atom. The van der Waals surface area contributed by atoms with E-state index in [2.05, 4.69) is 48.5 Å². The fourth-order valence-corrected chi connectivity index (χ4v) is 2.63. The van der Waals surface area contributed by atoms with Crippen LogP contribution >= 0.6 is 0 Å². The lowest BCUT2D eigenvalue weighted by molar-refractivity contribution is 0.233. The fraction of sp³-hybridized carbons (Fsp3) is 1.00. The Balaban J connectivity index is 4.20. The highest BCUT2D eigenvalue weighted by molar-refractivity contribution is 4.72. The highest BCUT2D eigenvalue weighted by Crippen LogP contribution is 2.33. The molecule has 0 aliphatic heterocycles. The third kappa shape index (κ3) is 9.68. The molecule has 104 valence electrons. The molecule has 0 aliphatic rings. The van der Waals surface area contributed by atoms with Gasteiger partial charge in [-0.15, -0.1) is 0 Å². The van der Waals surface area contributed by atoms with Gasteiger partial charge < -0.3 is 0 Å². The molecule has 0 aromatic heterocycles. The van der Waals surface area contributed by atoms with E-state index in [1.165, 1.54) is 38.5 Å². The summed E-state index contributed by atoms with van der Waals surface area (Å²) in [6.45, 7) is 16.6. The van der Waals surface area contributed by atoms with Crippen molar-refractivity contribution in [2.75, 3.05) is 0 Å². The highest BCUT2D eigenvalue weighted by Gasteiger charge is 2.20. The quantitative estimate of drug-likeness (QED) is 0.467. The van der Waals surface area contributed by atoms with Gasteiger partial charge >= 0.3 is 0 Å². The zero-order valence-corrected chi connectivity index (χ0v) is 13.5. The van der Waals surface area contributed by atoms with Gasteiger partial charge in [-0.25, -0.2) is 0 Å².